The Hall–Kier alpha value is -4.13. The van der Waals surface area contributed by atoms with Crippen LogP contribution in [0.4, 0.5) is 17.2 Å². The average molecular weight is 400 g/mol. The van der Waals surface area contributed by atoms with Gasteiger partial charge in [0.1, 0.15) is 12.4 Å². The number of esters is 1. The number of carbonyl (C=O) groups excluding carboxylic acids is 1. The van der Waals surface area contributed by atoms with E-state index < -0.39 is 5.97 Å². The number of hydrogen-bond donors (Lipinski definition) is 2. The van der Waals surface area contributed by atoms with E-state index in [-0.39, 0.29) is 12.0 Å². The Morgan fingerprint density at radius 1 is 1.03 bits per heavy atom. The molecule has 0 aliphatic carbocycles. The number of pyridine rings is 2. The Morgan fingerprint density at radius 3 is 2.43 bits per heavy atom. The summed E-state index contributed by atoms with van der Waals surface area (Å²) in [7, 11) is 1.33. The number of ether oxygens (including phenoxy) is 1. The second-order valence-electron chi connectivity index (χ2n) is 6.57. The van der Waals surface area contributed by atoms with Gasteiger partial charge in [-0.1, -0.05) is 36.4 Å². The maximum absolute atomic E-state index is 12.9. The standard InChI is InChI=1S/C23H20N4O3/c1-30-22(29)15-25-19-14-24-13-18-20(28)12-21(26-16-8-4-2-5-9-16)27(23(18)19)17-10-6-3-7-11-17/h2-14,25-26H,15H2,1H3. The SMILES string of the molecule is COC(=O)CNc1cncc2c(=O)cc(Nc3ccccc3)n(-c3ccccc3)c12. The summed E-state index contributed by atoms with van der Waals surface area (Å²) in [5.41, 5.74) is 2.69. The van der Waals surface area contributed by atoms with Crippen molar-refractivity contribution in [3.8, 4) is 5.69 Å². The molecule has 2 aromatic heterocycles. The zero-order chi connectivity index (χ0) is 20.9. The first-order valence-electron chi connectivity index (χ1n) is 9.39. The first kappa shape index (κ1) is 19.2. The monoisotopic (exact) mass is 400 g/mol. The number of fused-ring (bicyclic) bond motifs is 1. The van der Waals surface area contributed by atoms with E-state index in [0.29, 0.717) is 22.4 Å². The topological polar surface area (TPSA) is 85.2 Å². The van der Waals surface area contributed by atoms with Gasteiger partial charge in [-0.25, -0.2) is 0 Å². The van der Waals surface area contributed by atoms with Gasteiger partial charge in [0.05, 0.1) is 29.9 Å². The van der Waals surface area contributed by atoms with E-state index in [0.717, 1.165) is 11.4 Å². The number of anilines is 3. The molecule has 0 spiro atoms. The third-order valence-electron chi connectivity index (χ3n) is 4.63. The van der Waals surface area contributed by atoms with Gasteiger partial charge in [0, 0.05) is 23.6 Å². The van der Waals surface area contributed by atoms with E-state index in [1.165, 1.54) is 13.3 Å². The highest BCUT2D eigenvalue weighted by Crippen LogP contribution is 2.29. The molecule has 0 atom stereocenters. The van der Waals surface area contributed by atoms with Crippen LogP contribution in [0.15, 0.2) is 83.9 Å². The zero-order valence-corrected chi connectivity index (χ0v) is 16.3. The van der Waals surface area contributed by atoms with Gasteiger partial charge in [-0.05, 0) is 24.3 Å². The van der Waals surface area contributed by atoms with Gasteiger partial charge in [0.2, 0.25) is 0 Å². The molecule has 0 saturated heterocycles. The third-order valence-corrected chi connectivity index (χ3v) is 4.63. The molecular formula is C23H20N4O3. The maximum Gasteiger partial charge on any atom is 0.325 e. The minimum Gasteiger partial charge on any atom is -0.468 e. The Labute approximate surface area is 173 Å². The predicted molar refractivity (Wildman–Crippen MR) is 118 cm³/mol. The Bertz CT molecular complexity index is 1240. The van der Waals surface area contributed by atoms with Crippen LogP contribution >= 0.6 is 0 Å². The number of nitrogens with zero attached hydrogens (tertiary/aromatic N) is 2. The molecule has 30 heavy (non-hydrogen) atoms. The number of hydrogen-bond acceptors (Lipinski definition) is 6. The van der Waals surface area contributed by atoms with E-state index in [1.54, 1.807) is 12.3 Å². The molecule has 2 N–H and O–H groups in total. The van der Waals surface area contributed by atoms with Gasteiger partial charge in [-0.15, -0.1) is 0 Å². The molecular weight excluding hydrogens is 380 g/mol. The third kappa shape index (κ3) is 3.86. The van der Waals surface area contributed by atoms with Crippen molar-refractivity contribution >= 4 is 34.1 Å². The average Bonchev–Trinajstić information content (AvgIpc) is 2.79. The summed E-state index contributed by atoms with van der Waals surface area (Å²) in [5, 5.41) is 6.81. The van der Waals surface area contributed by atoms with Gasteiger partial charge in [0.25, 0.3) is 0 Å². The van der Waals surface area contributed by atoms with E-state index in [2.05, 4.69) is 15.6 Å². The highest BCUT2D eigenvalue weighted by atomic mass is 16.5. The molecule has 0 amide bonds. The number of rotatable bonds is 6. The lowest BCUT2D eigenvalue weighted by atomic mass is 10.2. The summed E-state index contributed by atoms with van der Waals surface area (Å²) in [6, 6.07) is 20.8. The van der Waals surface area contributed by atoms with Crippen molar-refractivity contribution < 1.29 is 9.53 Å². The molecule has 0 aliphatic rings. The maximum atomic E-state index is 12.9. The molecule has 7 nitrogen and oxygen atoms in total. The van der Waals surface area contributed by atoms with Crippen LogP contribution in [-0.2, 0) is 9.53 Å². The van der Waals surface area contributed by atoms with Crippen molar-refractivity contribution in [2.75, 3.05) is 24.3 Å². The van der Waals surface area contributed by atoms with Crippen LogP contribution in [0.1, 0.15) is 0 Å². The molecule has 0 radical (unpaired) electrons. The van der Waals surface area contributed by atoms with Gasteiger partial charge < -0.3 is 15.4 Å². The van der Waals surface area contributed by atoms with Crippen LogP contribution in [0.25, 0.3) is 16.6 Å². The van der Waals surface area contributed by atoms with E-state index >= 15 is 0 Å². The van der Waals surface area contributed by atoms with Crippen LogP contribution in [-0.4, -0.2) is 29.2 Å². The van der Waals surface area contributed by atoms with Crippen molar-refractivity contribution in [3.63, 3.8) is 0 Å². The van der Waals surface area contributed by atoms with Crippen molar-refractivity contribution in [1.82, 2.24) is 9.55 Å². The summed E-state index contributed by atoms with van der Waals surface area (Å²) >= 11 is 0. The zero-order valence-electron chi connectivity index (χ0n) is 16.3. The summed E-state index contributed by atoms with van der Waals surface area (Å²) < 4.78 is 6.66. The number of methoxy groups -OCH3 is 1. The van der Waals surface area contributed by atoms with Gasteiger partial charge in [-0.2, -0.15) is 0 Å². The molecule has 2 aromatic carbocycles. The largest absolute Gasteiger partial charge is 0.468 e. The summed E-state index contributed by atoms with van der Waals surface area (Å²) in [4.78, 5) is 28.7. The van der Waals surface area contributed by atoms with Gasteiger partial charge >= 0.3 is 5.97 Å². The highest BCUT2D eigenvalue weighted by Gasteiger charge is 2.16. The van der Waals surface area contributed by atoms with Crippen molar-refractivity contribution in [2.45, 2.75) is 0 Å². The van der Waals surface area contributed by atoms with Crippen LogP contribution in [0, 0.1) is 0 Å². The van der Waals surface area contributed by atoms with Crippen molar-refractivity contribution in [2.24, 2.45) is 0 Å². The second-order valence-corrected chi connectivity index (χ2v) is 6.57. The van der Waals surface area contributed by atoms with Crippen molar-refractivity contribution in [3.05, 3.63) is 89.3 Å². The quantitative estimate of drug-likeness (QED) is 0.480. The second kappa shape index (κ2) is 8.48. The van der Waals surface area contributed by atoms with Gasteiger partial charge in [-0.3, -0.25) is 19.1 Å². The fourth-order valence-corrected chi connectivity index (χ4v) is 3.24. The lowest BCUT2D eigenvalue weighted by Gasteiger charge is -2.20. The summed E-state index contributed by atoms with van der Waals surface area (Å²) in [6.07, 6.45) is 3.13. The Balaban J connectivity index is 1.96. The van der Waals surface area contributed by atoms with E-state index in [4.69, 9.17) is 4.74 Å². The fourth-order valence-electron chi connectivity index (χ4n) is 3.24. The Morgan fingerprint density at radius 2 is 1.73 bits per heavy atom. The Kier molecular flexibility index (Phi) is 5.43. The lowest BCUT2D eigenvalue weighted by molar-refractivity contribution is -0.138. The molecule has 4 aromatic rings. The van der Waals surface area contributed by atoms with E-state index in [1.807, 2.05) is 65.2 Å². The molecule has 2 heterocycles. The lowest BCUT2D eigenvalue weighted by Crippen LogP contribution is -2.18. The molecule has 0 aliphatic heterocycles. The van der Waals surface area contributed by atoms with Crippen molar-refractivity contribution in [1.29, 1.82) is 0 Å². The minimum absolute atomic E-state index is 0.0450. The molecule has 4 rings (SSSR count). The molecule has 150 valence electrons. The predicted octanol–water partition coefficient (Wildman–Crippen LogP) is 3.71. The summed E-state index contributed by atoms with van der Waals surface area (Å²) in [5.74, 6) is 0.177. The summed E-state index contributed by atoms with van der Waals surface area (Å²) in [6.45, 7) is -0.0450. The number of para-hydroxylation sites is 2. The number of carbonyl (C=O) groups is 1. The molecule has 0 bridgehead atoms. The van der Waals surface area contributed by atoms with Crippen LogP contribution < -0.4 is 16.1 Å². The molecule has 0 unspecified atom stereocenters. The van der Waals surface area contributed by atoms with Gasteiger partial charge in [0.15, 0.2) is 5.43 Å². The number of benzene rings is 2. The number of nitrogens with one attached hydrogen (secondary N) is 2. The molecule has 7 heteroatoms. The van der Waals surface area contributed by atoms with Crippen LogP contribution in [0.2, 0.25) is 0 Å². The number of aromatic nitrogens is 2. The highest BCUT2D eigenvalue weighted by molar-refractivity contribution is 5.94. The molecule has 0 fully saturated rings. The van der Waals surface area contributed by atoms with Crippen LogP contribution in [0.3, 0.4) is 0 Å². The first-order valence-corrected chi connectivity index (χ1v) is 9.39. The molecule has 0 saturated carbocycles. The van der Waals surface area contributed by atoms with Crippen LogP contribution in [0.5, 0.6) is 0 Å². The van der Waals surface area contributed by atoms with E-state index in [9.17, 15) is 9.59 Å². The fraction of sp³-hybridized carbons (Fsp3) is 0.0870. The first-order chi connectivity index (χ1) is 14.7. The minimum atomic E-state index is -0.417. The normalized spacial score (nSPS) is 10.6. The smallest absolute Gasteiger partial charge is 0.325 e.